The molecule has 13 heteroatoms. The molecule has 1 aromatic rings. The van der Waals surface area contributed by atoms with Gasteiger partial charge in [0.25, 0.3) is 0 Å². The summed E-state index contributed by atoms with van der Waals surface area (Å²) in [7, 11) is 0. The third-order valence-electron chi connectivity index (χ3n) is 8.64. The molecule has 1 unspecified atom stereocenters. The first-order valence-corrected chi connectivity index (χ1v) is 16.3. The maximum atomic E-state index is 12.9. The van der Waals surface area contributed by atoms with Gasteiger partial charge in [-0.05, 0) is 64.5 Å². The van der Waals surface area contributed by atoms with Crippen LogP contribution in [0.15, 0.2) is 29.4 Å². The van der Waals surface area contributed by atoms with Crippen LogP contribution in [0.5, 0.6) is 11.5 Å². The van der Waals surface area contributed by atoms with Crippen LogP contribution in [0.3, 0.4) is 0 Å². The summed E-state index contributed by atoms with van der Waals surface area (Å²) < 4.78 is 23.0. The van der Waals surface area contributed by atoms with Crippen LogP contribution in [-0.4, -0.2) is 110 Å². The Kier molecular flexibility index (Phi) is 15.1. The monoisotopic (exact) mass is 668 g/mol. The van der Waals surface area contributed by atoms with Gasteiger partial charge in [-0.25, -0.2) is 4.79 Å². The molecule has 0 bridgehead atoms. The Morgan fingerprint density at radius 2 is 1.68 bits per heavy atom. The van der Waals surface area contributed by atoms with E-state index in [9.17, 15) is 45.6 Å². The van der Waals surface area contributed by atoms with Gasteiger partial charge in [0.05, 0.1) is 37.9 Å². The van der Waals surface area contributed by atoms with Crippen LogP contribution in [0.25, 0.3) is 0 Å². The van der Waals surface area contributed by atoms with E-state index >= 15 is 0 Å². The third-order valence-corrected chi connectivity index (χ3v) is 8.64. The van der Waals surface area contributed by atoms with Crippen LogP contribution in [-0.2, 0) is 22.3 Å². The van der Waals surface area contributed by atoms with Gasteiger partial charge in [0.1, 0.15) is 29.3 Å². The smallest absolute Gasteiger partial charge is 0.339 e. The molecule has 0 aliphatic carbocycles. The number of carboxylic acids is 1. The first-order chi connectivity index (χ1) is 22.3. The third kappa shape index (κ3) is 10.2. The summed E-state index contributed by atoms with van der Waals surface area (Å²) in [5, 5.41) is 82.0. The molecular weight excluding hydrogens is 616 g/mol. The number of allylic oxidation sites excluding steroid dienone is 4. The van der Waals surface area contributed by atoms with Crippen LogP contribution >= 0.6 is 0 Å². The molecule has 2 heterocycles. The fourth-order valence-electron chi connectivity index (χ4n) is 5.69. The molecule has 0 aromatic heterocycles. The quantitative estimate of drug-likeness (QED) is 0.0933. The van der Waals surface area contributed by atoms with E-state index in [0.29, 0.717) is 24.0 Å². The number of rotatable bonds is 16. The van der Waals surface area contributed by atoms with Crippen LogP contribution in [0, 0.1) is 11.8 Å². The Balaban J connectivity index is 2.15. The molecular formula is C34H52O13. The maximum Gasteiger partial charge on any atom is 0.339 e. The van der Waals surface area contributed by atoms with Crippen molar-refractivity contribution in [2.45, 2.75) is 116 Å². The van der Waals surface area contributed by atoms with Crippen molar-refractivity contribution in [3.63, 3.8) is 0 Å². The lowest BCUT2D eigenvalue weighted by molar-refractivity contribution is -0.312. The van der Waals surface area contributed by atoms with E-state index in [1.165, 1.54) is 5.57 Å². The second-order valence-electron chi connectivity index (χ2n) is 12.7. The Morgan fingerprint density at radius 1 is 0.979 bits per heavy atom. The summed E-state index contributed by atoms with van der Waals surface area (Å²) in [6.45, 7) is 6.89. The van der Waals surface area contributed by atoms with Gasteiger partial charge in [0, 0.05) is 11.5 Å². The summed E-state index contributed by atoms with van der Waals surface area (Å²) in [5.74, 6) is -3.14. The van der Waals surface area contributed by atoms with Crippen LogP contribution in [0.4, 0.5) is 0 Å². The van der Waals surface area contributed by atoms with Crippen molar-refractivity contribution in [2.24, 2.45) is 11.8 Å². The van der Waals surface area contributed by atoms with E-state index < -0.39 is 67.7 Å². The van der Waals surface area contributed by atoms with Gasteiger partial charge in [-0.3, -0.25) is 0 Å². The zero-order valence-corrected chi connectivity index (χ0v) is 27.6. The van der Waals surface area contributed by atoms with Crippen molar-refractivity contribution >= 4 is 5.97 Å². The van der Waals surface area contributed by atoms with E-state index in [4.69, 9.17) is 18.9 Å². The second-order valence-corrected chi connectivity index (χ2v) is 12.7. The first kappa shape index (κ1) is 38.9. The fraction of sp³-hybridized carbons (Fsp3) is 0.676. The predicted molar refractivity (Wildman–Crippen MR) is 170 cm³/mol. The molecule has 266 valence electrons. The summed E-state index contributed by atoms with van der Waals surface area (Å²) in [6, 6.07) is 1.56. The number of aliphatic hydroxyl groups excluding tert-OH is 7. The average molecular weight is 669 g/mol. The highest BCUT2D eigenvalue weighted by molar-refractivity contribution is 5.94. The highest BCUT2D eigenvalue weighted by atomic mass is 16.7. The highest BCUT2D eigenvalue weighted by Gasteiger charge is 2.45. The summed E-state index contributed by atoms with van der Waals surface area (Å²) >= 11 is 0. The van der Waals surface area contributed by atoms with Gasteiger partial charge < -0.3 is 59.8 Å². The fourth-order valence-corrected chi connectivity index (χ4v) is 5.69. The Hall–Kier alpha value is -2.59. The number of hydrogen-bond donors (Lipinski definition) is 8. The van der Waals surface area contributed by atoms with Crippen LogP contribution in [0.2, 0.25) is 0 Å². The molecule has 1 aromatic carbocycles. The summed E-state index contributed by atoms with van der Waals surface area (Å²) in [4.78, 5) is 12.9. The van der Waals surface area contributed by atoms with Gasteiger partial charge in [0.15, 0.2) is 12.6 Å². The van der Waals surface area contributed by atoms with Crippen molar-refractivity contribution in [3.05, 3.63) is 46.1 Å². The lowest BCUT2D eigenvalue weighted by Crippen LogP contribution is -2.57. The molecule has 13 nitrogen and oxygen atoms in total. The van der Waals surface area contributed by atoms with E-state index in [1.807, 2.05) is 33.8 Å². The van der Waals surface area contributed by atoms with E-state index in [0.717, 1.165) is 31.3 Å². The van der Waals surface area contributed by atoms with E-state index in [1.54, 1.807) is 6.07 Å². The molecule has 0 amide bonds. The van der Waals surface area contributed by atoms with Crippen molar-refractivity contribution in [3.8, 4) is 11.5 Å². The zero-order chi connectivity index (χ0) is 34.8. The number of hydrogen-bond acceptors (Lipinski definition) is 12. The molecule has 0 spiro atoms. The van der Waals surface area contributed by atoms with Gasteiger partial charge in [-0.2, -0.15) is 0 Å². The number of ether oxygens (including phenoxy) is 4. The molecule has 47 heavy (non-hydrogen) atoms. The van der Waals surface area contributed by atoms with Crippen molar-refractivity contribution < 1.29 is 64.6 Å². The minimum Gasteiger partial charge on any atom is -0.492 e. The van der Waals surface area contributed by atoms with Crippen LogP contribution in [0.1, 0.15) is 81.3 Å². The molecule has 0 saturated carbocycles. The number of carbonyl (C=O) groups is 1. The summed E-state index contributed by atoms with van der Waals surface area (Å²) in [6.07, 6.45) is -2.69. The standard InChI is InChI=1S/C34H52O13/c1-5-6-7-11-20-14-24(46-34-23(15-35)27(37)29(39)33(43)47-34)22(13-12-19(4)10-8-9-18(2)3)30(25(20)31(40)41)44-16-21-17-45-32(42)28(38)26(21)36/h9,12,14,21,23,26-29,32-39,42-43H,5-8,10-11,13,15-17H2,1-4H3,(H,40,41)/b19-12+/t21-,23+,26+,27+,28-,29-,32-,33-,34?/m0/s1. The first-order valence-electron chi connectivity index (χ1n) is 16.3. The van der Waals surface area contributed by atoms with Crippen molar-refractivity contribution in [2.75, 3.05) is 19.8 Å². The SMILES string of the molecule is CCCCCc1cc(OC2O[C@H](O)[C@@H](O)[C@H](O)[C@H]2CO)c(C/C=C(\C)CCC=C(C)C)c(OC[C@H]2CO[C@H](O)[C@@H](O)[C@@H]2O)c1C(=O)O. The van der Waals surface area contributed by atoms with Crippen molar-refractivity contribution in [1.29, 1.82) is 0 Å². The maximum absolute atomic E-state index is 12.9. The second kappa shape index (κ2) is 18.2. The normalized spacial score (nSPS) is 29.8. The molecule has 2 fully saturated rings. The largest absolute Gasteiger partial charge is 0.492 e. The molecule has 9 atom stereocenters. The van der Waals surface area contributed by atoms with Gasteiger partial charge in [-0.1, -0.05) is 43.1 Å². The minimum absolute atomic E-state index is 0.0415. The van der Waals surface area contributed by atoms with Gasteiger partial charge >= 0.3 is 5.97 Å². The lowest BCUT2D eigenvalue weighted by atomic mass is 9.93. The average Bonchev–Trinajstić information content (AvgIpc) is 3.01. The molecule has 2 aliphatic heterocycles. The number of aryl methyl sites for hydroxylation is 1. The molecule has 8 N–H and O–H groups in total. The van der Waals surface area contributed by atoms with E-state index in [-0.39, 0.29) is 36.7 Å². The van der Waals surface area contributed by atoms with Gasteiger partial charge in [0.2, 0.25) is 6.29 Å². The number of benzene rings is 1. The molecule has 0 radical (unpaired) electrons. The van der Waals surface area contributed by atoms with Crippen molar-refractivity contribution in [1.82, 2.24) is 0 Å². The van der Waals surface area contributed by atoms with Gasteiger partial charge in [-0.15, -0.1) is 0 Å². The minimum atomic E-state index is -1.81. The Labute approximate surface area is 275 Å². The summed E-state index contributed by atoms with van der Waals surface area (Å²) in [5.41, 5.74) is 2.76. The predicted octanol–water partition coefficient (Wildman–Crippen LogP) is 1.80. The number of carboxylic acid groups (broad SMARTS) is 1. The molecule has 3 rings (SSSR count). The highest BCUT2D eigenvalue weighted by Crippen LogP contribution is 2.40. The zero-order valence-electron chi connectivity index (χ0n) is 27.6. The Bertz CT molecular complexity index is 1230. The lowest BCUT2D eigenvalue weighted by Gasteiger charge is -2.40. The number of unbranched alkanes of at least 4 members (excludes halogenated alkanes) is 2. The molecule has 2 saturated heterocycles. The van der Waals surface area contributed by atoms with Crippen LogP contribution < -0.4 is 9.47 Å². The number of aliphatic hydroxyl groups is 7. The number of aromatic carboxylic acids is 1. The van der Waals surface area contributed by atoms with E-state index in [2.05, 4.69) is 6.08 Å². The molecule has 2 aliphatic rings. The Morgan fingerprint density at radius 3 is 2.32 bits per heavy atom. The topological polar surface area (TPSA) is 216 Å².